The van der Waals surface area contributed by atoms with Gasteiger partial charge in [0.2, 0.25) is 5.91 Å². The minimum Gasteiger partial charge on any atom is -0.492 e. The van der Waals surface area contributed by atoms with Gasteiger partial charge in [0.15, 0.2) is 11.5 Å². The van der Waals surface area contributed by atoms with E-state index in [-0.39, 0.29) is 23.1 Å². The quantitative estimate of drug-likeness (QED) is 0.691. The topological polar surface area (TPSA) is 102 Å². The molecule has 0 aliphatic heterocycles. The molecular weight excluding hydrogens is 372 g/mol. The molecule has 0 aromatic heterocycles. The average molecular weight is 405 g/mol. The van der Waals surface area contributed by atoms with E-state index in [1.165, 1.54) is 19.6 Å². The first-order valence-electron chi connectivity index (χ1n) is 10.5. The summed E-state index contributed by atoms with van der Waals surface area (Å²) >= 11 is 0. The fraction of sp³-hybridized carbons (Fsp3) is 0.636. The highest BCUT2D eigenvalue weighted by Crippen LogP contribution is 2.35. The summed E-state index contributed by atoms with van der Waals surface area (Å²) in [5.41, 5.74) is 6.40. The predicted molar refractivity (Wildman–Crippen MR) is 109 cm³/mol. The first-order valence-corrected chi connectivity index (χ1v) is 10.5. The van der Waals surface area contributed by atoms with Gasteiger partial charge in [-0.3, -0.25) is 4.79 Å². The van der Waals surface area contributed by atoms with E-state index in [0.29, 0.717) is 24.3 Å². The third kappa shape index (κ3) is 4.83. The van der Waals surface area contributed by atoms with Gasteiger partial charge in [-0.25, -0.2) is 4.79 Å². The molecule has 3 rings (SSSR count). The Morgan fingerprint density at radius 1 is 1.21 bits per heavy atom. The van der Waals surface area contributed by atoms with Crippen LogP contribution in [0.3, 0.4) is 0 Å². The van der Waals surface area contributed by atoms with Gasteiger partial charge in [0, 0.05) is 13.1 Å². The molecule has 2 aliphatic rings. The first kappa shape index (κ1) is 21.4. The highest BCUT2D eigenvalue weighted by atomic mass is 16.5. The SMILES string of the molecule is COc1c(OCC2CCC([C@H](N)C(=O)N(C)C3CCC3)CC2)cccc1C(=O)O. The molecule has 0 saturated heterocycles. The summed E-state index contributed by atoms with van der Waals surface area (Å²) in [6, 6.07) is 4.83. The summed E-state index contributed by atoms with van der Waals surface area (Å²) in [6.07, 6.45) is 7.08. The number of likely N-dealkylation sites (N-methyl/N-ethyl adjacent to an activating group) is 1. The Hall–Kier alpha value is -2.28. The van der Waals surface area contributed by atoms with Gasteiger partial charge in [0.1, 0.15) is 5.56 Å². The summed E-state index contributed by atoms with van der Waals surface area (Å²) < 4.78 is 11.1. The van der Waals surface area contributed by atoms with Gasteiger partial charge in [-0.15, -0.1) is 0 Å². The van der Waals surface area contributed by atoms with E-state index >= 15 is 0 Å². The normalized spacial score (nSPS) is 23.0. The molecule has 0 radical (unpaired) electrons. The first-order chi connectivity index (χ1) is 13.9. The maximum Gasteiger partial charge on any atom is 0.339 e. The van der Waals surface area contributed by atoms with Crippen LogP contribution in [0.1, 0.15) is 55.3 Å². The second-order valence-corrected chi connectivity index (χ2v) is 8.29. The minimum absolute atomic E-state index is 0.0737. The minimum atomic E-state index is -1.04. The van der Waals surface area contributed by atoms with Gasteiger partial charge < -0.3 is 25.2 Å². The largest absolute Gasteiger partial charge is 0.492 e. The number of carboxylic acid groups (broad SMARTS) is 1. The van der Waals surface area contributed by atoms with Crippen molar-refractivity contribution in [2.45, 2.75) is 57.0 Å². The van der Waals surface area contributed by atoms with E-state index in [4.69, 9.17) is 15.2 Å². The van der Waals surface area contributed by atoms with Crippen molar-refractivity contribution in [1.29, 1.82) is 0 Å². The molecular formula is C22H32N2O5. The number of methoxy groups -OCH3 is 1. The van der Waals surface area contributed by atoms with Crippen LogP contribution in [0, 0.1) is 11.8 Å². The Morgan fingerprint density at radius 3 is 2.45 bits per heavy atom. The van der Waals surface area contributed by atoms with Crippen molar-refractivity contribution in [3.05, 3.63) is 23.8 Å². The molecule has 1 aromatic carbocycles. The molecule has 0 unspecified atom stereocenters. The summed E-state index contributed by atoms with van der Waals surface area (Å²) in [5, 5.41) is 9.28. The lowest BCUT2D eigenvalue weighted by molar-refractivity contribution is -0.136. The Morgan fingerprint density at radius 2 is 1.90 bits per heavy atom. The van der Waals surface area contributed by atoms with E-state index in [9.17, 15) is 14.7 Å². The third-order valence-corrected chi connectivity index (χ3v) is 6.54. The molecule has 29 heavy (non-hydrogen) atoms. The van der Waals surface area contributed by atoms with E-state index < -0.39 is 12.0 Å². The van der Waals surface area contributed by atoms with Crippen molar-refractivity contribution in [3.8, 4) is 11.5 Å². The van der Waals surface area contributed by atoms with Crippen molar-refractivity contribution >= 4 is 11.9 Å². The smallest absolute Gasteiger partial charge is 0.339 e. The van der Waals surface area contributed by atoms with Crippen molar-refractivity contribution in [2.75, 3.05) is 20.8 Å². The van der Waals surface area contributed by atoms with Crippen LogP contribution in [-0.2, 0) is 4.79 Å². The second kappa shape index (κ2) is 9.48. The molecule has 7 heteroatoms. The summed E-state index contributed by atoms with van der Waals surface area (Å²) in [7, 11) is 3.32. The van der Waals surface area contributed by atoms with Crippen LogP contribution in [-0.4, -0.2) is 54.7 Å². The molecule has 3 N–H and O–H groups in total. The Balaban J connectivity index is 1.49. The number of para-hydroxylation sites is 1. The van der Waals surface area contributed by atoms with Crippen molar-refractivity contribution in [3.63, 3.8) is 0 Å². The van der Waals surface area contributed by atoms with Crippen LogP contribution < -0.4 is 15.2 Å². The second-order valence-electron chi connectivity index (χ2n) is 8.29. The zero-order valence-corrected chi connectivity index (χ0v) is 17.3. The van der Waals surface area contributed by atoms with E-state index in [1.807, 2.05) is 11.9 Å². The number of rotatable bonds is 8. The van der Waals surface area contributed by atoms with E-state index in [0.717, 1.165) is 38.5 Å². The summed E-state index contributed by atoms with van der Waals surface area (Å²) in [4.78, 5) is 25.8. The molecule has 0 bridgehead atoms. The van der Waals surface area contributed by atoms with Gasteiger partial charge in [0.05, 0.1) is 19.8 Å². The van der Waals surface area contributed by atoms with Crippen molar-refractivity contribution in [2.24, 2.45) is 17.6 Å². The van der Waals surface area contributed by atoms with Crippen LogP contribution in [0.5, 0.6) is 11.5 Å². The lowest BCUT2D eigenvalue weighted by Crippen LogP contribution is -2.52. The maximum atomic E-state index is 12.6. The zero-order chi connectivity index (χ0) is 21.0. The molecule has 7 nitrogen and oxygen atoms in total. The molecule has 0 spiro atoms. The number of benzene rings is 1. The number of nitrogens with zero attached hydrogens (tertiary/aromatic N) is 1. The maximum absolute atomic E-state index is 12.6. The van der Waals surface area contributed by atoms with Crippen molar-refractivity contribution < 1.29 is 24.2 Å². The molecule has 2 aliphatic carbocycles. The highest BCUT2D eigenvalue weighted by Gasteiger charge is 2.34. The molecule has 1 amide bonds. The predicted octanol–water partition coefficient (Wildman–Crippen LogP) is 2.92. The number of hydrogen-bond donors (Lipinski definition) is 2. The van der Waals surface area contributed by atoms with Crippen LogP contribution in [0.15, 0.2) is 18.2 Å². The van der Waals surface area contributed by atoms with Crippen LogP contribution in [0.2, 0.25) is 0 Å². The van der Waals surface area contributed by atoms with Crippen LogP contribution in [0.4, 0.5) is 0 Å². The molecule has 2 fully saturated rings. The number of ether oxygens (including phenoxy) is 2. The highest BCUT2D eigenvalue weighted by molar-refractivity contribution is 5.92. The Bertz CT molecular complexity index is 726. The van der Waals surface area contributed by atoms with Gasteiger partial charge >= 0.3 is 5.97 Å². The monoisotopic (exact) mass is 404 g/mol. The lowest BCUT2D eigenvalue weighted by atomic mass is 9.78. The molecule has 160 valence electrons. The van der Waals surface area contributed by atoms with E-state index in [1.54, 1.807) is 12.1 Å². The number of nitrogens with two attached hydrogens (primary N) is 1. The number of aromatic carboxylic acids is 1. The number of carbonyl (C=O) groups excluding carboxylic acids is 1. The van der Waals surface area contributed by atoms with Gasteiger partial charge in [-0.1, -0.05) is 6.07 Å². The van der Waals surface area contributed by atoms with Gasteiger partial charge in [-0.05, 0) is 68.9 Å². The number of carboxylic acids is 1. The zero-order valence-electron chi connectivity index (χ0n) is 17.3. The van der Waals surface area contributed by atoms with E-state index in [2.05, 4.69) is 0 Å². The molecule has 1 aromatic rings. The molecule has 2 saturated carbocycles. The fourth-order valence-electron chi connectivity index (χ4n) is 4.32. The van der Waals surface area contributed by atoms with Gasteiger partial charge in [-0.2, -0.15) is 0 Å². The number of hydrogen-bond acceptors (Lipinski definition) is 5. The molecule has 1 atom stereocenters. The standard InChI is InChI=1S/C22H32N2O5/c1-24(16-5-3-6-16)21(25)19(23)15-11-9-14(10-12-15)13-29-18-8-4-7-17(22(26)27)20(18)28-2/h4,7-8,14-16,19H,3,5-6,9-13,23H2,1-2H3,(H,26,27)/t14?,15?,19-/m0/s1. The molecule has 0 heterocycles. The summed E-state index contributed by atoms with van der Waals surface area (Å²) in [5.74, 6) is 0.300. The lowest BCUT2D eigenvalue weighted by Gasteiger charge is -2.38. The average Bonchev–Trinajstić information content (AvgIpc) is 2.69. The van der Waals surface area contributed by atoms with Gasteiger partial charge in [0.25, 0.3) is 0 Å². The Kier molecular flexibility index (Phi) is 7.00. The van der Waals surface area contributed by atoms with Crippen LogP contribution in [0.25, 0.3) is 0 Å². The summed E-state index contributed by atoms with van der Waals surface area (Å²) in [6.45, 7) is 0.497. The number of carbonyl (C=O) groups is 2. The number of amides is 1. The van der Waals surface area contributed by atoms with Crippen molar-refractivity contribution in [1.82, 2.24) is 4.90 Å². The van der Waals surface area contributed by atoms with Crippen LogP contribution >= 0.6 is 0 Å². The third-order valence-electron chi connectivity index (χ3n) is 6.54. The fourth-order valence-corrected chi connectivity index (χ4v) is 4.32. The Labute approximate surface area is 172 Å².